The van der Waals surface area contributed by atoms with Crippen LogP contribution in [0.3, 0.4) is 0 Å². The van der Waals surface area contributed by atoms with Gasteiger partial charge >= 0.3 is 5.97 Å². The van der Waals surface area contributed by atoms with Gasteiger partial charge in [-0.2, -0.15) is 0 Å². The van der Waals surface area contributed by atoms with Crippen molar-refractivity contribution in [1.29, 1.82) is 0 Å². The summed E-state index contributed by atoms with van der Waals surface area (Å²) in [6, 6.07) is 2.53. The van der Waals surface area contributed by atoms with Gasteiger partial charge in [-0.05, 0) is 19.1 Å². The van der Waals surface area contributed by atoms with Crippen LogP contribution in [-0.2, 0) is 9.53 Å². The van der Waals surface area contributed by atoms with Crippen LogP contribution in [0, 0.1) is 11.6 Å². The quantitative estimate of drug-likeness (QED) is 0.371. The van der Waals surface area contributed by atoms with E-state index in [1.165, 1.54) is 0 Å². The number of rotatable bonds is 3. The molecule has 0 aromatic heterocycles. The summed E-state index contributed by atoms with van der Waals surface area (Å²) < 4.78 is 30.4. The van der Waals surface area contributed by atoms with Gasteiger partial charge in [-0.1, -0.05) is 5.16 Å². The molecule has 1 rings (SSSR count). The largest absolute Gasteiger partial charge is 0.461 e. The minimum absolute atomic E-state index is 0.0562. The van der Waals surface area contributed by atoms with E-state index in [1.54, 1.807) is 6.92 Å². The number of carbonyl (C=O) groups is 1. The molecule has 1 aromatic rings. The molecule has 0 spiro atoms. The maximum absolute atomic E-state index is 13.2. The average molecular weight is 229 g/mol. The molecular formula is C10H9F2NO3. The summed E-state index contributed by atoms with van der Waals surface area (Å²) >= 11 is 0. The van der Waals surface area contributed by atoms with E-state index in [2.05, 4.69) is 9.89 Å². The fraction of sp³-hybridized carbons (Fsp3) is 0.200. The maximum atomic E-state index is 13.2. The molecule has 0 fully saturated rings. The first kappa shape index (κ1) is 12.1. The number of ether oxygens (including phenoxy) is 1. The number of halogens is 2. The van der Waals surface area contributed by atoms with Crippen LogP contribution in [0.5, 0.6) is 0 Å². The summed E-state index contributed by atoms with van der Waals surface area (Å²) in [4.78, 5) is 11.2. The average Bonchev–Trinajstić information content (AvgIpc) is 2.22. The Morgan fingerprint density at radius 3 is 2.69 bits per heavy atom. The molecule has 0 aliphatic carbocycles. The van der Waals surface area contributed by atoms with Gasteiger partial charge in [-0.25, -0.2) is 13.6 Å². The highest BCUT2D eigenvalue weighted by Crippen LogP contribution is 2.11. The smallest absolute Gasteiger partial charge is 0.361 e. The number of hydrogen-bond acceptors (Lipinski definition) is 4. The minimum atomic E-state index is -0.999. The predicted molar refractivity (Wildman–Crippen MR) is 51.3 cm³/mol. The fourth-order valence-electron chi connectivity index (χ4n) is 1.09. The predicted octanol–water partition coefficient (Wildman–Crippen LogP) is 1.71. The summed E-state index contributed by atoms with van der Waals surface area (Å²) in [6.45, 7) is 1.61. The summed E-state index contributed by atoms with van der Waals surface area (Å²) in [5.74, 6) is -2.77. The van der Waals surface area contributed by atoms with Crippen molar-refractivity contribution in [1.82, 2.24) is 0 Å². The van der Waals surface area contributed by atoms with Crippen molar-refractivity contribution in [2.24, 2.45) is 5.16 Å². The second-order valence-corrected chi connectivity index (χ2v) is 2.79. The van der Waals surface area contributed by atoms with Crippen molar-refractivity contribution >= 4 is 11.7 Å². The van der Waals surface area contributed by atoms with Gasteiger partial charge in [0.15, 0.2) is 5.71 Å². The van der Waals surface area contributed by atoms with Crippen molar-refractivity contribution in [3.05, 3.63) is 35.4 Å². The molecular weight excluding hydrogens is 220 g/mol. The Bertz CT molecular complexity index is 432. The van der Waals surface area contributed by atoms with E-state index >= 15 is 0 Å². The number of nitrogens with zero attached hydrogens (tertiary/aromatic N) is 1. The standard InChI is InChI=1S/C10H9F2NO3/c1-2-16-10(14)9(13-15)7-4-3-6(11)5-8(7)12/h3-5,15H,2H2,1H3. The molecule has 4 nitrogen and oxygen atoms in total. The van der Waals surface area contributed by atoms with Gasteiger partial charge in [0.05, 0.1) is 6.61 Å². The number of esters is 1. The van der Waals surface area contributed by atoms with Crippen LogP contribution in [0.2, 0.25) is 0 Å². The van der Waals surface area contributed by atoms with Gasteiger partial charge in [-0.15, -0.1) is 0 Å². The second-order valence-electron chi connectivity index (χ2n) is 2.79. The Labute approximate surface area is 90.1 Å². The van der Waals surface area contributed by atoms with Crippen molar-refractivity contribution in [2.75, 3.05) is 6.61 Å². The van der Waals surface area contributed by atoms with E-state index in [-0.39, 0.29) is 12.2 Å². The number of oxime groups is 1. The van der Waals surface area contributed by atoms with Gasteiger partial charge < -0.3 is 9.94 Å². The van der Waals surface area contributed by atoms with Crippen LogP contribution in [0.1, 0.15) is 12.5 Å². The lowest BCUT2D eigenvalue weighted by Crippen LogP contribution is -2.20. The lowest BCUT2D eigenvalue weighted by molar-refractivity contribution is -0.135. The van der Waals surface area contributed by atoms with Gasteiger partial charge in [0.2, 0.25) is 0 Å². The molecule has 16 heavy (non-hydrogen) atoms. The van der Waals surface area contributed by atoms with Crippen molar-refractivity contribution < 1.29 is 23.5 Å². The Morgan fingerprint density at radius 1 is 1.50 bits per heavy atom. The zero-order valence-corrected chi connectivity index (χ0v) is 8.41. The molecule has 0 saturated heterocycles. The first-order chi connectivity index (χ1) is 7.60. The van der Waals surface area contributed by atoms with Crippen molar-refractivity contribution in [2.45, 2.75) is 6.92 Å². The number of benzene rings is 1. The second kappa shape index (κ2) is 5.20. The molecule has 0 atom stereocenters. The zero-order chi connectivity index (χ0) is 12.1. The van der Waals surface area contributed by atoms with Gasteiger partial charge in [0.1, 0.15) is 11.6 Å². The van der Waals surface area contributed by atoms with Crippen LogP contribution >= 0.6 is 0 Å². The molecule has 0 saturated carbocycles. The molecule has 1 aromatic carbocycles. The number of carbonyl (C=O) groups excluding carboxylic acids is 1. The molecule has 0 amide bonds. The van der Waals surface area contributed by atoms with Gasteiger partial charge in [0.25, 0.3) is 0 Å². The molecule has 0 bridgehead atoms. The van der Waals surface area contributed by atoms with E-state index in [9.17, 15) is 13.6 Å². The molecule has 0 heterocycles. The maximum Gasteiger partial charge on any atom is 0.361 e. The molecule has 1 N–H and O–H groups in total. The van der Waals surface area contributed by atoms with Crippen LogP contribution < -0.4 is 0 Å². The SMILES string of the molecule is CCOC(=O)C(=NO)c1ccc(F)cc1F. The molecule has 86 valence electrons. The lowest BCUT2D eigenvalue weighted by Gasteiger charge is -2.05. The topological polar surface area (TPSA) is 58.9 Å². The molecule has 6 heteroatoms. The highest BCUT2D eigenvalue weighted by Gasteiger charge is 2.20. The highest BCUT2D eigenvalue weighted by atomic mass is 19.1. The summed E-state index contributed by atoms with van der Waals surface area (Å²) in [7, 11) is 0. The third-order valence-corrected chi connectivity index (χ3v) is 1.76. The van der Waals surface area contributed by atoms with E-state index in [1.807, 2.05) is 0 Å². The van der Waals surface area contributed by atoms with E-state index in [4.69, 9.17) is 5.21 Å². The van der Waals surface area contributed by atoms with Crippen LogP contribution in [0.4, 0.5) is 8.78 Å². The normalized spacial score (nSPS) is 11.3. The van der Waals surface area contributed by atoms with Crippen molar-refractivity contribution in [3.63, 3.8) is 0 Å². The Balaban J connectivity index is 3.10. The van der Waals surface area contributed by atoms with E-state index in [0.717, 1.165) is 12.1 Å². The lowest BCUT2D eigenvalue weighted by atomic mass is 10.1. The molecule has 0 aliphatic heterocycles. The first-order valence-corrected chi connectivity index (χ1v) is 4.44. The van der Waals surface area contributed by atoms with E-state index in [0.29, 0.717) is 6.07 Å². The van der Waals surface area contributed by atoms with Crippen LogP contribution in [-0.4, -0.2) is 23.5 Å². The van der Waals surface area contributed by atoms with Crippen LogP contribution in [0.25, 0.3) is 0 Å². The van der Waals surface area contributed by atoms with Crippen molar-refractivity contribution in [3.8, 4) is 0 Å². The molecule has 0 aliphatic rings. The first-order valence-electron chi connectivity index (χ1n) is 4.44. The summed E-state index contributed by atoms with van der Waals surface area (Å²) in [5.41, 5.74) is -0.915. The Kier molecular flexibility index (Phi) is 3.93. The minimum Gasteiger partial charge on any atom is -0.461 e. The van der Waals surface area contributed by atoms with E-state index < -0.39 is 23.3 Å². The number of hydrogen-bond donors (Lipinski definition) is 1. The Morgan fingerprint density at radius 2 is 2.19 bits per heavy atom. The third kappa shape index (κ3) is 2.53. The highest BCUT2D eigenvalue weighted by molar-refractivity contribution is 6.43. The fourth-order valence-corrected chi connectivity index (χ4v) is 1.09. The van der Waals surface area contributed by atoms with Crippen LogP contribution in [0.15, 0.2) is 23.4 Å². The molecule has 0 unspecified atom stereocenters. The monoisotopic (exact) mass is 229 g/mol. The van der Waals surface area contributed by atoms with Gasteiger partial charge in [0, 0.05) is 11.6 Å². The molecule has 0 radical (unpaired) electrons. The van der Waals surface area contributed by atoms with Gasteiger partial charge in [-0.3, -0.25) is 0 Å². The summed E-state index contributed by atoms with van der Waals surface area (Å²) in [6.07, 6.45) is 0. The Hall–Kier alpha value is -1.98. The zero-order valence-electron chi connectivity index (χ0n) is 8.41. The third-order valence-electron chi connectivity index (χ3n) is 1.76. The summed E-state index contributed by atoms with van der Waals surface area (Å²) in [5, 5.41) is 11.2.